The van der Waals surface area contributed by atoms with Crippen LogP contribution in [0.5, 0.6) is 0 Å². The topological polar surface area (TPSA) is 53.6 Å². The van der Waals surface area contributed by atoms with E-state index in [0.29, 0.717) is 0 Å². The Bertz CT molecular complexity index is 420. The standard InChI is InChI=1S/C11H16N4/c1-11(2,3)13-7-9-14-8-5-4-6-12-10(8)15-9/h4-6,13H,7H2,1-3H3,(H,12,14,15). The normalized spacial score (nSPS) is 12.2. The maximum atomic E-state index is 4.39. The van der Waals surface area contributed by atoms with E-state index in [0.717, 1.165) is 23.5 Å². The van der Waals surface area contributed by atoms with Gasteiger partial charge in [0.25, 0.3) is 0 Å². The third-order valence-corrected chi connectivity index (χ3v) is 2.09. The number of H-pyrrole nitrogens is 1. The van der Waals surface area contributed by atoms with Crippen molar-refractivity contribution >= 4 is 11.2 Å². The first-order chi connectivity index (χ1) is 7.04. The van der Waals surface area contributed by atoms with Crippen LogP contribution in [-0.2, 0) is 6.54 Å². The molecule has 2 rings (SSSR count). The molecule has 0 amide bonds. The molecule has 0 fully saturated rings. The Kier molecular flexibility index (Phi) is 2.44. The van der Waals surface area contributed by atoms with Gasteiger partial charge in [0.2, 0.25) is 0 Å². The van der Waals surface area contributed by atoms with Gasteiger partial charge in [0.15, 0.2) is 5.65 Å². The summed E-state index contributed by atoms with van der Waals surface area (Å²) in [6.45, 7) is 7.13. The quantitative estimate of drug-likeness (QED) is 0.785. The van der Waals surface area contributed by atoms with Crippen molar-refractivity contribution in [2.24, 2.45) is 0 Å². The van der Waals surface area contributed by atoms with Gasteiger partial charge in [-0.25, -0.2) is 9.97 Å². The van der Waals surface area contributed by atoms with Gasteiger partial charge in [0, 0.05) is 11.7 Å². The molecule has 0 spiro atoms. The second-order valence-corrected chi connectivity index (χ2v) is 4.66. The fourth-order valence-electron chi connectivity index (χ4n) is 1.33. The van der Waals surface area contributed by atoms with E-state index in [9.17, 15) is 0 Å². The van der Waals surface area contributed by atoms with Crippen LogP contribution in [0.25, 0.3) is 11.2 Å². The molecule has 0 aliphatic heterocycles. The largest absolute Gasteiger partial charge is 0.340 e. The summed E-state index contributed by atoms with van der Waals surface area (Å²) in [5.41, 5.74) is 1.87. The molecule has 0 radical (unpaired) electrons. The number of fused-ring (bicyclic) bond motifs is 1. The molecule has 15 heavy (non-hydrogen) atoms. The molecule has 2 aromatic rings. The third-order valence-electron chi connectivity index (χ3n) is 2.09. The van der Waals surface area contributed by atoms with Crippen LogP contribution in [0.1, 0.15) is 26.6 Å². The molecule has 2 heterocycles. The van der Waals surface area contributed by atoms with E-state index < -0.39 is 0 Å². The maximum Gasteiger partial charge on any atom is 0.177 e. The monoisotopic (exact) mass is 204 g/mol. The number of nitrogens with one attached hydrogen (secondary N) is 2. The maximum absolute atomic E-state index is 4.39. The number of pyridine rings is 1. The van der Waals surface area contributed by atoms with Crippen LogP contribution in [0.4, 0.5) is 0 Å². The van der Waals surface area contributed by atoms with Crippen LogP contribution in [0.2, 0.25) is 0 Å². The van der Waals surface area contributed by atoms with Gasteiger partial charge in [-0.3, -0.25) is 0 Å². The molecule has 0 atom stereocenters. The minimum absolute atomic E-state index is 0.104. The average molecular weight is 204 g/mol. The van der Waals surface area contributed by atoms with Gasteiger partial charge in [-0.05, 0) is 32.9 Å². The first kappa shape index (κ1) is 10.1. The minimum Gasteiger partial charge on any atom is -0.340 e. The molecule has 0 bridgehead atoms. The van der Waals surface area contributed by atoms with Crippen molar-refractivity contribution in [2.45, 2.75) is 32.9 Å². The van der Waals surface area contributed by atoms with Crippen molar-refractivity contribution in [1.29, 1.82) is 0 Å². The summed E-state index contributed by atoms with van der Waals surface area (Å²) in [4.78, 5) is 11.8. The highest BCUT2D eigenvalue weighted by atomic mass is 15.0. The predicted octanol–water partition coefficient (Wildman–Crippen LogP) is 1.85. The highest BCUT2D eigenvalue weighted by Gasteiger charge is 2.10. The fraction of sp³-hybridized carbons (Fsp3) is 0.455. The zero-order valence-electron chi connectivity index (χ0n) is 9.33. The van der Waals surface area contributed by atoms with Gasteiger partial charge in [0.05, 0.1) is 12.1 Å². The van der Waals surface area contributed by atoms with Crippen LogP contribution < -0.4 is 5.32 Å². The summed E-state index contributed by atoms with van der Waals surface area (Å²) in [6.07, 6.45) is 1.75. The van der Waals surface area contributed by atoms with Crippen molar-refractivity contribution in [3.05, 3.63) is 24.2 Å². The van der Waals surface area contributed by atoms with Gasteiger partial charge in [-0.2, -0.15) is 0 Å². The summed E-state index contributed by atoms with van der Waals surface area (Å²) in [6, 6.07) is 3.89. The van der Waals surface area contributed by atoms with E-state index in [1.807, 2.05) is 12.1 Å². The number of nitrogens with zero attached hydrogens (tertiary/aromatic N) is 2. The molecule has 0 aromatic carbocycles. The van der Waals surface area contributed by atoms with Crippen LogP contribution in [-0.4, -0.2) is 20.5 Å². The molecule has 80 valence electrons. The number of hydrogen-bond acceptors (Lipinski definition) is 3. The molecule has 4 heteroatoms. The molecule has 0 aliphatic rings. The van der Waals surface area contributed by atoms with Crippen molar-refractivity contribution in [1.82, 2.24) is 20.3 Å². The van der Waals surface area contributed by atoms with E-state index >= 15 is 0 Å². The van der Waals surface area contributed by atoms with Crippen molar-refractivity contribution < 1.29 is 0 Å². The summed E-state index contributed by atoms with van der Waals surface area (Å²) in [5.74, 6) is 0.929. The molecule has 4 nitrogen and oxygen atoms in total. The van der Waals surface area contributed by atoms with Crippen LogP contribution >= 0.6 is 0 Å². The lowest BCUT2D eigenvalue weighted by atomic mass is 10.1. The van der Waals surface area contributed by atoms with Gasteiger partial charge in [0.1, 0.15) is 5.82 Å². The van der Waals surface area contributed by atoms with Crippen LogP contribution in [0.3, 0.4) is 0 Å². The minimum atomic E-state index is 0.104. The first-order valence-electron chi connectivity index (χ1n) is 5.09. The van der Waals surface area contributed by atoms with E-state index in [1.54, 1.807) is 6.20 Å². The van der Waals surface area contributed by atoms with E-state index in [4.69, 9.17) is 0 Å². The second-order valence-electron chi connectivity index (χ2n) is 4.66. The smallest absolute Gasteiger partial charge is 0.177 e. The SMILES string of the molecule is CC(C)(C)NCc1nc2ncccc2[nH]1. The Balaban J connectivity index is 2.16. The fourth-order valence-corrected chi connectivity index (χ4v) is 1.33. The highest BCUT2D eigenvalue weighted by molar-refractivity contribution is 5.69. The molecule has 0 unspecified atom stereocenters. The zero-order chi connectivity index (χ0) is 10.9. The summed E-state index contributed by atoms with van der Waals surface area (Å²) in [5, 5.41) is 3.38. The van der Waals surface area contributed by atoms with Gasteiger partial charge < -0.3 is 10.3 Å². The summed E-state index contributed by atoms with van der Waals surface area (Å²) in [7, 11) is 0. The lowest BCUT2D eigenvalue weighted by molar-refractivity contribution is 0.419. The van der Waals surface area contributed by atoms with Crippen molar-refractivity contribution in [3.8, 4) is 0 Å². The first-order valence-corrected chi connectivity index (χ1v) is 5.09. The Morgan fingerprint density at radius 2 is 2.20 bits per heavy atom. The number of hydrogen-bond donors (Lipinski definition) is 2. The second kappa shape index (κ2) is 3.62. The van der Waals surface area contributed by atoms with E-state index in [1.165, 1.54) is 0 Å². The van der Waals surface area contributed by atoms with Gasteiger partial charge in [-0.1, -0.05) is 0 Å². The highest BCUT2D eigenvalue weighted by Crippen LogP contribution is 2.08. The molecule has 0 aliphatic carbocycles. The number of imidazole rings is 1. The Labute approximate surface area is 89.1 Å². The molecule has 2 aromatic heterocycles. The van der Waals surface area contributed by atoms with Crippen LogP contribution in [0.15, 0.2) is 18.3 Å². The van der Waals surface area contributed by atoms with E-state index in [-0.39, 0.29) is 5.54 Å². The van der Waals surface area contributed by atoms with Crippen LogP contribution in [0, 0.1) is 0 Å². The van der Waals surface area contributed by atoms with Gasteiger partial charge >= 0.3 is 0 Å². The summed E-state index contributed by atoms with van der Waals surface area (Å²) >= 11 is 0. The average Bonchev–Trinajstić information content (AvgIpc) is 2.56. The van der Waals surface area contributed by atoms with Crippen molar-refractivity contribution in [2.75, 3.05) is 0 Å². The lowest BCUT2D eigenvalue weighted by Crippen LogP contribution is -2.35. The zero-order valence-corrected chi connectivity index (χ0v) is 9.33. The summed E-state index contributed by atoms with van der Waals surface area (Å²) < 4.78 is 0. The predicted molar refractivity (Wildman–Crippen MR) is 60.5 cm³/mol. The van der Waals surface area contributed by atoms with Gasteiger partial charge in [-0.15, -0.1) is 0 Å². The Morgan fingerprint density at radius 3 is 2.87 bits per heavy atom. The molecule has 2 N–H and O–H groups in total. The lowest BCUT2D eigenvalue weighted by Gasteiger charge is -2.19. The third kappa shape index (κ3) is 2.53. The Hall–Kier alpha value is -1.42. The number of aromatic amines is 1. The van der Waals surface area contributed by atoms with E-state index in [2.05, 4.69) is 41.0 Å². The molecule has 0 saturated carbocycles. The molecular weight excluding hydrogens is 188 g/mol. The Morgan fingerprint density at radius 1 is 1.40 bits per heavy atom. The molecule has 0 saturated heterocycles. The number of aromatic nitrogens is 3. The van der Waals surface area contributed by atoms with Crippen molar-refractivity contribution in [3.63, 3.8) is 0 Å². The number of rotatable bonds is 2. The molecular formula is C11H16N4.